The molecule has 6 nitrogen and oxygen atoms in total. The van der Waals surface area contributed by atoms with Crippen molar-refractivity contribution in [3.8, 4) is 5.75 Å². The lowest BCUT2D eigenvalue weighted by Gasteiger charge is -2.42. The first-order valence-electron chi connectivity index (χ1n) is 11.1. The number of ether oxygens (including phenoxy) is 1. The van der Waals surface area contributed by atoms with Crippen LogP contribution in [0.4, 0.5) is 5.69 Å². The molecule has 1 atom stereocenters. The van der Waals surface area contributed by atoms with Crippen molar-refractivity contribution < 1.29 is 14.6 Å². The van der Waals surface area contributed by atoms with Crippen LogP contribution in [0.3, 0.4) is 0 Å². The van der Waals surface area contributed by atoms with E-state index in [1.807, 2.05) is 42.5 Å². The molecule has 1 aliphatic rings. The standard InChI is InChI=1S/C26H31N3O3/c1-19(31)27-24-8-4-9-25-23(24)11-10-21(28-25)16-29-13-5-12-26(17-29,18-30)15-20-6-3-7-22(14-20)32-2/h3-4,6-11,14,30H,5,12-13,15-18H2,1-2H3,(H,27,31). The molecule has 1 aromatic heterocycles. The number of carbonyl (C=O) groups is 1. The average molecular weight is 434 g/mol. The number of methoxy groups -OCH3 is 1. The van der Waals surface area contributed by atoms with Crippen molar-refractivity contribution in [3.63, 3.8) is 0 Å². The van der Waals surface area contributed by atoms with Gasteiger partial charge in [-0.1, -0.05) is 18.2 Å². The van der Waals surface area contributed by atoms with Crippen LogP contribution in [-0.4, -0.2) is 47.7 Å². The number of piperidine rings is 1. The van der Waals surface area contributed by atoms with Gasteiger partial charge in [-0.15, -0.1) is 0 Å². The van der Waals surface area contributed by atoms with Gasteiger partial charge in [0.05, 0.1) is 30.6 Å². The Morgan fingerprint density at radius 2 is 2.06 bits per heavy atom. The molecule has 0 saturated carbocycles. The second-order valence-electron chi connectivity index (χ2n) is 8.86. The largest absolute Gasteiger partial charge is 0.497 e. The Morgan fingerprint density at radius 1 is 1.22 bits per heavy atom. The van der Waals surface area contributed by atoms with E-state index in [9.17, 15) is 9.90 Å². The van der Waals surface area contributed by atoms with Gasteiger partial charge in [0.1, 0.15) is 5.75 Å². The molecule has 2 aromatic carbocycles. The molecule has 6 heteroatoms. The minimum absolute atomic E-state index is 0.0914. The monoisotopic (exact) mass is 433 g/mol. The highest BCUT2D eigenvalue weighted by molar-refractivity contribution is 6.00. The van der Waals surface area contributed by atoms with Gasteiger partial charge in [-0.2, -0.15) is 0 Å². The molecule has 168 valence electrons. The van der Waals surface area contributed by atoms with E-state index in [-0.39, 0.29) is 17.9 Å². The van der Waals surface area contributed by atoms with Crippen LogP contribution in [0.1, 0.15) is 31.0 Å². The maximum Gasteiger partial charge on any atom is 0.221 e. The number of aliphatic hydroxyl groups is 1. The van der Waals surface area contributed by atoms with E-state index in [0.717, 1.165) is 66.9 Å². The third-order valence-corrected chi connectivity index (χ3v) is 6.28. The van der Waals surface area contributed by atoms with Crippen LogP contribution in [0.5, 0.6) is 5.75 Å². The SMILES string of the molecule is COc1cccc(CC2(CO)CCCN(Cc3ccc4c(NC(C)=O)cccc4n3)C2)c1. The molecule has 0 aliphatic carbocycles. The van der Waals surface area contributed by atoms with Crippen LogP contribution in [0.15, 0.2) is 54.6 Å². The van der Waals surface area contributed by atoms with Crippen LogP contribution in [-0.2, 0) is 17.8 Å². The topological polar surface area (TPSA) is 74.7 Å². The number of carbonyl (C=O) groups excluding carboxylic acids is 1. The van der Waals surface area contributed by atoms with Crippen LogP contribution in [0, 0.1) is 5.41 Å². The molecule has 1 aliphatic heterocycles. The van der Waals surface area contributed by atoms with Gasteiger partial charge in [-0.05, 0) is 67.8 Å². The molecule has 1 fully saturated rings. The molecule has 0 bridgehead atoms. The summed E-state index contributed by atoms with van der Waals surface area (Å²) in [5.74, 6) is 0.758. The first-order valence-corrected chi connectivity index (χ1v) is 11.1. The third kappa shape index (κ3) is 5.09. The fourth-order valence-corrected chi connectivity index (χ4v) is 4.80. The Bertz CT molecular complexity index is 1100. The first-order chi connectivity index (χ1) is 15.5. The zero-order valence-corrected chi connectivity index (χ0v) is 18.8. The van der Waals surface area contributed by atoms with Gasteiger partial charge in [-0.25, -0.2) is 0 Å². The number of hydrogen-bond acceptors (Lipinski definition) is 5. The van der Waals surface area contributed by atoms with Crippen LogP contribution in [0.2, 0.25) is 0 Å². The van der Waals surface area contributed by atoms with Gasteiger partial charge in [0.25, 0.3) is 0 Å². The summed E-state index contributed by atoms with van der Waals surface area (Å²) in [6, 6.07) is 18.0. The van der Waals surface area contributed by atoms with Crippen molar-refractivity contribution in [2.75, 3.05) is 32.1 Å². The number of hydrogen-bond donors (Lipinski definition) is 2. The van der Waals surface area contributed by atoms with E-state index >= 15 is 0 Å². The number of nitrogens with one attached hydrogen (secondary N) is 1. The summed E-state index contributed by atoms with van der Waals surface area (Å²) in [7, 11) is 1.68. The molecule has 4 rings (SSSR count). The van der Waals surface area contributed by atoms with Crippen LogP contribution in [0.25, 0.3) is 10.9 Å². The van der Waals surface area contributed by atoms with Gasteiger partial charge in [0, 0.05) is 30.8 Å². The first kappa shape index (κ1) is 22.2. The number of aliphatic hydroxyl groups excluding tert-OH is 1. The number of likely N-dealkylation sites (tertiary alicyclic amines) is 1. The molecule has 3 aromatic rings. The minimum Gasteiger partial charge on any atom is -0.497 e. The smallest absolute Gasteiger partial charge is 0.221 e. The fraction of sp³-hybridized carbons (Fsp3) is 0.385. The number of nitrogens with zero attached hydrogens (tertiary/aromatic N) is 2. The number of rotatable bonds is 7. The Hall–Kier alpha value is -2.96. The molecule has 0 radical (unpaired) electrons. The number of anilines is 1. The highest BCUT2D eigenvalue weighted by atomic mass is 16.5. The summed E-state index contributed by atoms with van der Waals surface area (Å²) in [4.78, 5) is 18.7. The molecule has 1 unspecified atom stereocenters. The van der Waals surface area contributed by atoms with E-state index in [4.69, 9.17) is 9.72 Å². The van der Waals surface area contributed by atoms with Gasteiger partial charge in [-0.3, -0.25) is 14.7 Å². The van der Waals surface area contributed by atoms with Crippen molar-refractivity contribution in [1.82, 2.24) is 9.88 Å². The maximum absolute atomic E-state index is 11.5. The molecule has 0 spiro atoms. The second kappa shape index (κ2) is 9.67. The van der Waals surface area contributed by atoms with Crippen molar-refractivity contribution in [3.05, 3.63) is 65.9 Å². The fourth-order valence-electron chi connectivity index (χ4n) is 4.80. The third-order valence-electron chi connectivity index (χ3n) is 6.28. The highest BCUT2D eigenvalue weighted by Gasteiger charge is 2.35. The van der Waals surface area contributed by atoms with E-state index in [1.165, 1.54) is 12.5 Å². The summed E-state index contributed by atoms with van der Waals surface area (Å²) in [5.41, 5.74) is 3.67. The molecule has 2 N–H and O–H groups in total. The lowest BCUT2D eigenvalue weighted by Crippen LogP contribution is -2.46. The molecule has 1 amide bonds. The van der Waals surface area contributed by atoms with E-state index < -0.39 is 0 Å². The van der Waals surface area contributed by atoms with Crippen molar-refractivity contribution >= 4 is 22.5 Å². The summed E-state index contributed by atoms with van der Waals surface area (Å²) in [6.07, 6.45) is 2.87. The Balaban J connectivity index is 1.50. The molecule has 32 heavy (non-hydrogen) atoms. The predicted octanol–water partition coefficient (Wildman–Crippen LogP) is 4.02. The Morgan fingerprint density at radius 3 is 2.84 bits per heavy atom. The molecule has 2 heterocycles. The second-order valence-corrected chi connectivity index (χ2v) is 8.86. The summed E-state index contributed by atoms with van der Waals surface area (Å²) in [6.45, 7) is 4.22. The quantitative estimate of drug-likeness (QED) is 0.589. The number of fused-ring (bicyclic) bond motifs is 1. The summed E-state index contributed by atoms with van der Waals surface area (Å²) < 4.78 is 5.37. The van der Waals surface area contributed by atoms with Crippen molar-refractivity contribution in [1.29, 1.82) is 0 Å². The molecule has 1 saturated heterocycles. The van der Waals surface area contributed by atoms with E-state index in [2.05, 4.69) is 22.3 Å². The van der Waals surface area contributed by atoms with E-state index in [1.54, 1.807) is 7.11 Å². The summed E-state index contributed by atoms with van der Waals surface area (Å²) in [5, 5.41) is 14.2. The molecular weight excluding hydrogens is 402 g/mol. The van der Waals surface area contributed by atoms with Gasteiger partial charge < -0.3 is 15.2 Å². The lowest BCUT2D eigenvalue weighted by molar-refractivity contribution is -0.114. The van der Waals surface area contributed by atoms with Crippen molar-refractivity contribution in [2.24, 2.45) is 5.41 Å². The van der Waals surface area contributed by atoms with Gasteiger partial charge >= 0.3 is 0 Å². The number of amides is 1. The lowest BCUT2D eigenvalue weighted by atomic mass is 9.75. The Kier molecular flexibility index (Phi) is 6.72. The van der Waals surface area contributed by atoms with Gasteiger partial charge in [0.15, 0.2) is 0 Å². The summed E-state index contributed by atoms with van der Waals surface area (Å²) >= 11 is 0. The average Bonchev–Trinajstić information content (AvgIpc) is 2.79. The predicted molar refractivity (Wildman–Crippen MR) is 127 cm³/mol. The molecular formula is C26H31N3O3. The van der Waals surface area contributed by atoms with Crippen LogP contribution >= 0.6 is 0 Å². The highest BCUT2D eigenvalue weighted by Crippen LogP contribution is 2.35. The van der Waals surface area contributed by atoms with Gasteiger partial charge in [0.2, 0.25) is 5.91 Å². The van der Waals surface area contributed by atoms with Crippen molar-refractivity contribution in [2.45, 2.75) is 32.7 Å². The number of pyridine rings is 1. The zero-order chi connectivity index (χ0) is 22.6. The zero-order valence-electron chi connectivity index (χ0n) is 18.8. The number of aromatic nitrogens is 1. The van der Waals surface area contributed by atoms with E-state index in [0.29, 0.717) is 0 Å². The normalized spacial score (nSPS) is 19.1. The Labute approximate surface area is 189 Å². The maximum atomic E-state index is 11.5. The van der Waals surface area contributed by atoms with Crippen LogP contribution < -0.4 is 10.1 Å². The minimum atomic E-state index is -0.167. The number of benzene rings is 2.